The van der Waals surface area contributed by atoms with Crippen molar-refractivity contribution in [3.05, 3.63) is 23.2 Å². The van der Waals surface area contributed by atoms with Crippen LogP contribution in [-0.2, 0) is 10.0 Å². The maximum Gasteiger partial charge on any atom is 0.246 e. The van der Waals surface area contributed by atoms with E-state index in [2.05, 4.69) is 0 Å². The predicted octanol–water partition coefficient (Wildman–Crippen LogP) is 1.95. The average Bonchev–Trinajstić information content (AvgIpc) is 2.17. The van der Waals surface area contributed by atoms with Crippen molar-refractivity contribution in [3.63, 3.8) is 0 Å². The topological polar surface area (TPSA) is 63.4 Å². The largest absolute Gasteiger partial charge is 0.398 e. The van der Waals surface area contributed by atoms with E-state index in [0.717, 1.165) is 6.42 Å². The Hall–Kier alpha value is -0.780. The lowest BCUT2D eigenvalue weighted by atomic mass is 10.3. The normalized spacial score (nSPS) is 12.0. The van der Waals surface area contributed by atoms with E-state index < -0.39 is 10.0 Å². The Morgan fingerprint density at radius 2 is 2.06 bits per heavy atom. The zero-order valence-electron chi connectivity index (χ0n) is 9.27. The molecule has 4 nitrogen and oxygen atoms in total. The van der Waals surface area contributed by atoms with Crippen molar-refractivity contribution in [2.45, 2.75) is 18.2 Å². The SMILES string of the molecule is CCCN(C)S(=O)(=O)c1c(N)cccc1Cl. The lowest BCUT2D eigenvalue weighted by Crippen LogP contribution is -2.28. The van der Waals surface area contributed by atoms with Crippen molar-refractivity contribution >= 4 is 27.3 Å². The second-order valence-electron chi connectivity index (χ2n) is 3.48. The van der Waals surface area contributed by atoms with Crippen molar-refractivity contribution in [3.8, 4) is 0 Å². The number of sulfonamides is 1. The summed E-state index contributed by atoms with van der Waals surface area (Å²) < 4.78 is 25.5. The van der Waals surface area contributed by atoms with Crippen molar-refractivity contribution in [2.24, 2.45) is 0 Å². The molecule has 1 aromatic carbocycles. The number of rotatable bonds is 4. The zero-order valence-corrected chi connectivity index (χ0v) is 10.8. The molecular weight excluding hydrogens is 248 g/mol. The molecule has 6 heteroatoms. The van der Waals surface area contributed by atoms with E-state index in [1.54, 1.807) is 6.07 Å². The summed E-state index contributed by atoms with van der Waals surface area (Å²) in [6, 6.07) is 4.67. The summed E-state index contributed by atoms with van der Waals surface area (Å²) in [5.41, 5.74) is 5.83. The summed E-state index contributed by atoms with van der Waals surface area (Å²) in [6.45, 7) is 2.34. The van der Waals surface area contributed by atoms with Crippen molar-refractivity contribution < 1.29 is 8.42 Å². The molecule has 0 bridgehead atoms. The Morgan fingerprint density at radius 3 is 2.56 bits per heavy atom. The van der Waals surface area contributed by atoms with Gasteiger partial charge in [0.2, 0.25) is 10.0 Å². The molecule has 0 heterocycles. The number of nitrogens with zero attached hydrogens (tertiary/aromatic N) is 1. The molecule has 0 aromatic heterocycles. The lowest BCUT2D eigenvalue weighted by molar-refractivity contribution is 0.469. The molecule has 0 spiro atoms. The van der Waals surface area contributed by atoms with Crippen LogP contribution >= 0.6 is 11.6 Å². The Bertz CT molecular complexity index is 453. The predicted molar refractivity (Wildman–Crippen MR) is 66.0 cm³/mol. The Kier molecular flexibility index (Phi) is 4.18. The Labute approximate surface area is 101 Å². The first-order chi connectivity index (χ1) is 7.41. The third-order valence-corrected chi connectivity index (χ3v) is 4.61. The molecule has 1 aromatic rings. The number of hydrogen-bond donors (Lipinski definition) is 1. The Balaban J connectivity index is 3.27. The third-order valence-electron chi connectivity index (χ3n) is 2.20. The monoisotopic (exact) mass is 262 g/mol. The minimum Gasteiger partial charge on any atom is -0.398 e. The standard InChI is InChI=1S/C10H15ClN2O2S/c1-3-7-13(2)16(14,15)10-8(11)5-4-6-9(10)12/h4-6H,3,7,12H2,1-2H3. The molecule has 0 atom stereocenters. The first kappa shape index (κ1) is 13.3. The van der Waals surface area contributed by atoms with Crippen molar-refractivity contribution in [1.29, 1.82) is 0 Å². The highest BCUT2D eigenvalue weighted by molar-refractivity contribution is 7.89. The van der Waals surface area contributed by atoms with Gasteiger partial charge in [-0.3, -0.25) is 0 Å². The quantitative estimate of drug-likeness (QED) is 0.844. The van der Waals surface area contributed by atoms with Crippen molar-refractivity contribution in [1.82, 2.24) is 4.31 Å². The average molecular weight is 263 g/mol. The van der Waals surface area contributed by atoms with Gasteiger partial charge in [0.1, 0.15) is 4.90 Å². The summed E-state index contributed by atoms with van der Waals surface area (Å²) in [5.74, 6) is 0. The van der Waals surface area contributed by atoms with Gasteiger partial charge in [0.05, 0.1) is 10.7 Å². The maximum absolute atomic E-state index is 12.1. The summed E-state index contributed by atoms with van der Waals surface area (Å²) in [7, 11) is -2.07. The second kappa shape index (κ2) is 5.03. The van der Waals surface area contributed by atoms with Gasteiger partial charge in [-0.05, 0) is 18.6 Å². The smallest absolute Gasteiger partial charge is 0.246 e. The molecule has 0 aliphatic heterocycles. The fraction of sp³-hybridized carbons (Fsp3) is 0.400. The molecule has 0 fully saturated rings. The fourth-order valence-corrected chi connectivity index (χ4v) is 3.28. The molecule has 1 rings (SSSR count). The highest BCUT2D eigenvalue weighted by Gasteiger charge is 2.25. The molecule has 90 valence electrons. The van der Waals surface area contributed by atoms with Crippen LogP contribution < -0.4 is 5.73 Å². The van der Waals surface area contributed by atoms with Gasteiger partial charge >= 0.3 is 0 Å². The molecule has 2 N–H and O–H groups in total. The van der Waals surface area contributed by atoms with Gasteiger partial charge in [-0.2, -0.15) is 0 Å². The molecular formula is C10H15ClN2O2S. The van der Waals surface area contributed by atoms with Crippen LogP contribution in [0.4, 0.5) is 5.69 Å². The summed E-state index contributed by atoms with van der Waals surface area (Å²) in [4.78, 5) is -0.00684. The highest BCUT2D eigenvalue weighted by Crippen LogP contribution is 2.29. The molecule has 16 heavy (non-hydrogen) atoms. The molecule has 0 aliphatic rings. The molecule has 0 saturated heterocycles. The molecule has 0 amide bonds. The molecule has 0 unspecified atom stereocenters. The number of anilines is 1. The molecule has 0 saturated carbocycles. The van der Waals surface area contributed by atoms with E-state index >= 15 is 0 Å². The molecule has 0 aliphatic carbocycles. The van der Waals surface area contributed by atoms with Gasteiger partial charge in [0.15, 0.2) is 0 Å². The van der Waals surface area contributed by atoms with E-state index in [0.29, 0.717) is 6.54 Å². The number of hydrogen-bond acceptors (Lipinski definition) is 3. The second-order valence-corrected chi connectivity index (χ2v) is 5.87. The van der Waals surface area contributed by atoms with Crippen LogP contribution in [0.2, 0.25) is 5.02 Å². The highest BCUT2D eigenvalue weighted by atomic mass is 35.5. The van der Waals surface area contributed by atoms with Gasteiger partial charge in [-0.15, -0.1) is 0 Å². The summed E-state index contributed by atoms with van der Waals surface area (Å²) in [6.07, 6.45) is 0.736. The number of nitrogen functional groups attached to an aromatic ring is 1. The van der Waals surface area contributed by atoms with Gasteiger partial charge in [0, 0.05) is 13.6 Å². The number of nitrogens with two attached hydrogens (primary N) is 1. The van der Waals surface area contributed by atoms with E-state index in [9.17, 15) is 8.42 Å². The van der Waals surface area contributed by atoms with Crippen LogP contribution in [0.5, 0.6) is 0 Å². The fourth-order valence-electron chi connectivity index (χ4n) is 1.39. The minimum atomic E-state index is -3.59. The van der Waals surface area contributed by atoms with Gasteiger partial charge in [0.25, 0.3) is 0 Å². The third kappa shape index (κ3) is 2.48. The van der Waals surface area contributed by atoms with Crippen LogP contribution in [0, 0.1) is 0 Å². The van der Waals surface area contributed by atoms with E-state index in [1.807, 2.05) is 6.92 Å². The summed E-state index contributed by atoms with van der Waals surface area (Å²) >= 11 is 5.87. The summed E-state index contributed by atoms with van der Waals surface area (Å²) in [5, 5.41) is 0.156. The van der Waals surface area contributed by atoms with E-state index in [1.165, 1.54) is 23.5 Å². The van der Waals surface area contributed by atoms with Crippen LogP contribution in [0.15, 0.2) is 23.1 Å². The van der Waals surface area contributed by atoms with Gasteiger partial charge < -0.3 is 5.73 Å². The van der Waals surface area contributed by atoms with Crippen LogP contribution in [0.1, 0.15) is 13.3 Å². The zero-order chi connectivity index (χ0) is 12.3. The van der Waals surface area contributed by atoms with Crippen LogP contribution in [-0.4, -0.2) is 26.3 Å². The maximum atomic E-state index is 12.1. The first-order valence-corrected chi connectivity index (χ1v) is 6.73. The first-order valence-electron chi connectivity index (χ1n) is 4.91. The van der Waals surface area contributed by atoms with Crippen molar-refractivity contribution in [2.75, 3.05) is 19.3 Å². The Morgan fingerprint density at radius 1 is 1.44 bits per heavy atom. The van der Waals surface area contributed by atoms with Gasteiger partial charge in [-0.1, -0.05) is 24.6 Å². The lowest BCUT2D eigenvalue weighted by Gasteiger charge is -2.18. The van der Waals surface area contributed by atoms with Gasteiger partial charge in [-0.25, -0.2) is 12.7 Å². The van der Waals surface area contributed by atoms with Crippen LogP contribution in [0.3, 0.4) is 0 Å². The molecule has 0 radical (unpaired) electrons. The number of halogens is 1. The van der Waals surface area contributed by atoms with E-state index in [-0.39, 0.29) is 15.6 Å². The van der Waals surface area contributed by atoms with E-state index in [4.69, 9.17) is 17.3 Å². The minimum absolute atomic E-state index is 0.00684. The number of benzene rings is 1. The van der Waals surface area contributed by atoms with Crippen LogP contribution in [0.25, 0.3) is 0 Å².